The van der Waals surface area contributed by atoms with Crippen molar-refractivity contribution in [2.24, 2.45) is 11.8 Å². The number of hydrogen-bond acceptors (Lipinski definition) is 1. The fourth-order valence-corrected chi connectivity index (χ4v) is 0.873. The first-order chi connectivity index (χ1) is 5.84. The van der Waals surface area contributed by atoms with Crippen molar-refractivity contribution in [1.82, 2.24) is 5.32 Å². The average Bonchev–Trinajstić information content (AvgIpc) is 1.95. The van der Waals surface area contributed by atoms with Crippen LogP contribution in [0, 0.1) is 11.8 Å². The molecule has 4 heteroatoms. The Balaban J connectivity index is 3.43. The van der Waals surface area contributed by atoms with E-state index in [1.807, 2.05) is 13.8 Å². The lowest BCUT2D eigenvalue weighted by molar-refractivity contribution is -0.170. The first-order valence-electron chi connectivity index (χ1n) is 4.61. The molecule has 80 valence electrons. The van der Waals surface area contributed by atoms with Crippen molar-refractivity contribution in [3.05, 3.63) is 0 Å². The summed E-state index contributed by atoms with van der Waals surface area (Å²) in [4.78, 5) is 0. The fraction of sp³-hybridized carbons (Fsp3) is 1.00. The van der Waals surface area contributed by atoms with Gasteiger partial charge in [0, 0.05) is 0 Å². The van der Waals surface area contributed by atoms with Gasteiger partial charge in [-0.05, 0) is 25.4 Å². The van der Waals surface area contributed by atoms with E-state index in [0.29, 0.717) is 12.5 Å². The first kappa shape index (κ1) is 12.8. The van der Waals surface area contributed by atoms with E-state index < -0.39 is 12.1 Å². The van der Waals surface area contributed by atoms with Gasteiger partial charge >= 0.3 is 6.18 Å². The Morgan fingerprint density at radius 1 is 1.15 bits per heavy atom. The topological polar surface area (TPSA) is 12.0 Å². The van der Waals surface area contributed by atoms with Crippen LogP contribution in [0.4, 0.5) is 13.2 Å². The molecule has 13 heavy (non-hydrogen) atoms. The van der Waals surface area contributed by atoms with E-state index in [1.165, 1.54) is 6.92 Å². The van der Waals surface area contributed by atoms with Gasteiger partial charge in [-0.3, -0.25) is 0 Å². The third kappa shape index (κ3) is 6.87. The van der Waals surface area contributed by atoms with Crippen LogP contribution in [-0.4, -0.2) is 19.3 Å². The second-order valence-corrected chi connectivity index (χ2v) is 3.83. The number of hydrogen-bond donors (Lipinski definition) is 1. The van der Waals surface area contributed by atoms with E-state index in [9.17, 15) is 13.2 Å². The van der Waals surface area contributed by atoms with Gasteiger partial charge in [0.25, 0.3) is 0 Å². The summed E-state index contributed by atoms with van der Waals surface area (Å²) in [5.74, 6) is -0.714. The van der Waals surface area contributed by atoms with Crippen LogP contribution in [-0.2, 0) is 0 Å². The van der Waals surface area contributed by atoms with E-state index in [2.05, 4.69) is 5.32 Å². The maximum Gasteiger partial charge on any atom is 0.391 e. The van der Waals surface area contributed by atoms with Crippen LogP contribution >= 0.6 is 0 Å². The lowest BCUT2D eigenvalue weighted by Crippen LogP contribution is -2.27. The second kappa shape index (κ2) is 5.47. The van der Waals surface area contributed by atoms with Gasteiger partial charge in [-0.25, -0.2) is 0 Å². The smallest absolute Gasteiger partial charge is 0.316 e. The van der Waals surface area contributed by atoms with Gasteiger partial charge in [0.1, 0.15) is 0 Å². The number of alkyl halides is 3. The summed E-state index contributed by atoms with van der Waals surface area (Å²) < 4.78 is 36.0. The quantitative estimate of drug-likeness (QED) is 0.668. The molecule has 1 nitrogen and oxygen atoms in total. The summed E-state index contributed by atoms with van der Waals surface area (Å²) >= 11 is 0. The molecule has 1 atom stereocenters. The highest BCUT2D eigenvalue weighted by atomic mass is 19.4. The van der Waals surface area contributed by atoms with E-state index in [1.54, 1.807) is 0 Å². The molecule has 0 bridgehead atoms. The molecule has 0 aliphatic heterocycles. The Morgan fingerprint density at radius 3 is 2.08 bits per heavy atom. The Morgan fingerprint density at radius 2 is 1.69 bits per heavy atom. The zero-order chi connectivity index (χ0) is 10.5. The summed E-state index contributed by atoms with van der Waals surface area (Å²) in [6, 6.07) is 0. The van der Waals surface area contributed by atoms with Crippen molar-refractivity contribution in [3.63, 3.8) is 0 Å². The highest BCUT2D eigenvalue weighted by molar-refractivity contribution is 4.63. The SMILES string of the molecule is CC(C)CNCCC(C)C(F)(F)F. The third-order valence-corrected chi connectivity index (χ3v) is 1.87. The number of halogens is 3. The number of rotatable bonds is 5. The molecular weight excluding hydrogens is 179 g/mol. The third-order valence-electron chi connectivity index (χ3n) is 1.87. The molecule has 0 rings (SSSR count). The van der Waals surface area contributed by atoms with Gasteiger partial charge < -0.3 is 5.32 Å². The van der Waals surface area contributed by atoms with Crippen LogP contribution < -0.4 is 5.32 Å². The minimum absolute atomic E-state index is 0.163. The van der Waals surface area contributed by atoms with Crippen LogP contribution in [0.2, 0.25) is 0 Å². The molecule has 1 N–H and O–H groups in total. The zero-order valence-corrected chi connectivity index (χ0v) is 8.41. The average molecular weight is 197 g/mol. The molecule has 1 unspecified atom stereocenters. The molecule has 0 aromatic carbocycles. The van der Waals surface area contributed by atoms with E-state index >= 15 is 0 Å². The predicted octanol–water partition coefficient (Wildman–Crippen LogP) is 2.82. The van der Waals surface area contributed by atoms with Crippen molar-refractivity contribution < 1.29 is 13.2 Å². The standard InChI is InChI=1S/C9H18F3N/c1-7(2)6-13-5-4-8(3)9(10,11)12/h7-8,13H,4-6H2,1-3H3. The van der Waals surface area contributed by atoms with Gasteiger partial charge in [0.15, 0.2) is 0 Å². The molecule has 0 amide bonds. The zero-order valence-electron chi connectivity index (χ0n) is 8.41. The Labute approximate surface area is 77.7 Å². The normalized spacial score (nSPS) is 15.0. The van der Waals surface area contributed by atoms with Crippen molar-refractivity contribution in [2.45, 2.75) is 33.4 Å². The Hall–Kier alpha value is -0.250. The molecule has 0 aromatic rings. The minimum atomic E-state index is -4.04. The minimum Gasteiger partial charge on any atom is -0.316 e. The molecule has 0 spiro atoms. The van der Waals surface area contributed by atoms with Gasteiger partial charge in [0.05, 0.1) is 5.92 Å². The molecular formula is C9H18F3N. The summed E-state index contributed by atoms with van der Waals surface area (Å²) in [5, 5.41) is 2.99. The largest absolute Gasteiger partial charge is 0.391 e. The van der Waals surface area contributed by atoms with Crippen molar-refractivity contribution in [1.29, 1.82) is 0 Å². The maximum atomic E-state index is 12.0. The molecule has 0 heterocycles. The predicted molar refractivity (Wildman–Crippen MR) is 47.5 cm³/mol. The highest BCUT2D eigenvalue weighted by Crippen LogP contribution is 2.27. The van der Waals surface area contributed by atoms with Crippen molar-refractivity contribution >= 4 is 0 Å². The van der Waals surface area contributed by atoms with Crippen LogP contribution in [0.15, 0.2) is 0 Å². The highest BCUT2D eigenvalue weighted by Gasteiger charge is 2.34. The summed E-state index contributed by atoms with van der Waals surface area (Å²) in [6.07, 6.45) is -3.88. The molecule has 0 fully saturated rings. The molecule has 0 radical (unpaired) electrons. The number of nitrogens with one attached hydrogen (secondary N) is 1. The molecule has 0 aliphatic carbocycles. The molecule has 0 saturated heterocycles. The van der Waals surface area contributed by atoms with E-state index in [4.69, 9.17) is 0 Å². The van der Waals surface area contributed by atoms with Gasteiger partial charge in [-0.15, -0.1) is 0 Å². The van der Waals surface area contributed by atoms with Crippen molar-refractivity contribution in [2.75, 3.05) is 13.1 Å². The summed E-state index contributed by atoms with van der Waals surface area (Å²) in [7, 11) is 0. The van der Waals surface area contributed by atoms with E-state index in [0.717, 1.165) is 6.54 Å². The van der Waals surface area contributed by atoms with E-state index in [-0.39, 0.29) is 6.42 Å². The molecule has 0 aromatic heterocycles. The fourth-order valence-electron chi connectivity index (χ4n) is 0.873. The lowest BCUT2D eigenvalue weighted by Gasteiger charge is -2.15. The van der Waals surface area contributed by atoms with Crippen LogP contribution in [0.3, 0.4) is 0 Å². The monoisotopic (exact) mass is 197 g/mol. The molecule has 0 saturated carbocycles. The van der Waals surface area contributed by atoms with Gasteiger partial charge in [-0.2, -0.15) is 13.2 Å². The van der Waals surface area contributed by atoms with Crippen LogP contribution in [0.25, 0.3) is 0 Å². The maximum absolute atomic E-state index is 12.0. The van der Waals surface area contributed by atoms with Crippen molar-refractivity contribution in [3.8, 4) is 0 Å². The summed E-state index contributed by atoms with van der Waals surface area (Å²) in [6.45, 7) is 6.50. The van der Waals surface area contributed by atoms with Crippen LogP contribution in [0.1, 0.15) is 27.2 Å². The lowest BCUT2D eigenvalue weighted by atomic mass is 10.1. The Kier molecular flexibility index (Phi) is 5.37. The Bertz CT molecular complexity index is 131. The van der Waals surface area contributed by atoms with Gasteiger partial charge in [-0.1, -0.05) is 20.8 Å². The van der Waals surface area contributed by atoms with Crippen LogP contribution in [0.5, 0.6) is 0 Å². The first-order valence-corrected chi connectivity index (χ1v) is 4.61. The second-order valence-electron chi connectivity index (χ2n) is 3.83. The summed E-state index contributed by atoms with van der Waals surface area (Å²) in [5.41, 5.74) is 0. The van der Waals surface area contributed by atoms with Gasteiger partial charge in [0.2, 0.25) is 0 Å². The molecule has 0 aliphatic rings.